The van der Waals surface area contributed by atoms with Crippen molar-refractivity contribution in [3.05, 3.63) is 74.9 Å². The molecule has 1 heterocycles. The van der Waals surface area contributed by atoms with Crippen LogP contribution in [0, 0.1) is 0 Å². The van der Waals surface area contributed by atoms with Gasteiger partial charge >= 0.3 is 0 Å². The summed E-state index contributed by atoms with van der Waals surface area (Å²) in [5, 5.41) is 5.83. The summed E-state index contributed by atoms with van der Waals surface area (Å²) in [7, 11) is 0. The molecule has 0 aliphatic rings. The van der Waals surface area contributed by atoms with Gasteiger partial charge in [0.25, 0.3) is 5.91 Å². The van der Waals surface area contributed by atoms with E-state index in [9.17, 15) is 4.79 Å². The van der Waals surface area contributed by atoms with E-state index in [2.05, 4.69) is 15.5 Å². The molecule has 24 heavy (non-hydrogen) atoms. The van der Waals surface area contributed by atoms with Crippen LogP contribution in [0.25, 0.3) is 10.9 Å². The van der Waals surface area contributed by atoms with Gasteiger partial charge in [-0.1, -0.05) is 53.0 Å². The molecule has 1 aromatic heterocycles. The standard InChI is InChI=1S/C17H10Cl3N3O/c18-13-6-5-11(8-14(13)19)17(24)23-21-9-12-7-10-3-1-2-4-15(10)22-16(12)20/h1-9H,(H,23,24). The Bertz CT molecular complexity index is 957. The van der Waals surface area contributed by atoms with Crippen LogP contribution in [0.5, 0.6) is 0 Å². The first kappa shape index (κ1) is 16.7. The number of hydrogen-bond donors (Lipinski definition) is 1. The van der Waals surface area contributed by atoms with E-state index in [4.69, 9.17) is 34.8 Å². The Morgan fingerprint density at radius 2 is 1.83 bits per heavy atom. The molecule has 1 N–H and O–H groups in total. The van der Waals surface area contributed by atoms with Crippen molar-refractivity contribution in [3.63, 3.8) is 0 Å². The van der Waals surface area contributed by atoms with Gasteiger partial charge in [0.1, 0.15) is 5.15 Å². The number of amides is 1. The Labute approximate surface area is 153 Å². The van der Waals surface area contributed by atoms with Gasteiger partial charge in [-0.3, -0.25) is 4.79 Å². The summed E-state index contributed by atoms with van der Waals surface area (Å²) in [6.07, 6.45) is 1.44. The van der Waals surface area contributed by atoms with Gasteiger partial charge in [-0.15, -0.1) is 0 Å². The molecule has 7 heteroatoms. The topological polar surface area (TPSA) is 54.4 Å². The molecule has 3 aromatic rings. The lowest BCUT2D eigenvalue weighted by Gasteiger charge is -2.03. The van der Waals surface area contributed by atoms with E-state index in [0.717, 1.165) is 10.9 Å². The van der Waals surface area contributed by atoms with Crippen molar-refractivity contribution in [2.45, 2.75) is 0 Å². The van der Waals surface area contributed by atoms with Crippen LogP contribution in [0.3, 0.4) is 0 Å². The van der Waals surface area contributed by atoms with Gasteiger partial charge in [0.2, 0.25) is 0 Å². The molecule has 0 bridgehead atoms. The van der Waals surface area contributed by atoms with Gasteiger partial charge in [-0.05, 0) is 30.3 Å². The third-order valence-corrected chi connectivity index (χ3v) is 4.30. The lowest BCUT2D eigenvalue weighted by atomic mass is 10.2. The zero-order valence-electron chi connectivity index (χ0n) is 12.1. The van der Waals surface area contributed by atoms with E-state index < -0.39 is 5.91 Å². The Morgan fingerprint density at radius 3 is 2.62 bits per heavy atom. The lowest BCUT2D eigenvalue weighted by Crippen LogP contribution is -2.17. The number of benzene rings is 2. The fourth-order valence-corrected chi connectivity index (χ4v) is 2.55. The molecule has 0 unspecified atom stereocenters. The second-order valence-corrected chi connectivity index (χ2v) is 6.06. The molecular weight excluding hydrogens is 369 g/mol. The number of carbonyl (C=O) groups excluding carboxylic acids is 1. The molecule has 120 valence electrons. The van der Waals surface area contributed by atoms with Crippen LogP contribution in [0.2, 0.25) is 15.2 Å². The maximum atomic E-state index is 12.0. The number of carbonyl (C=O) groups is 1. The molecule has 2 aromatic carbocycles. The number of fused-ring (bicyclic) bond motifs is 1. The van der Waals surface area contributed by atoms with Crippen molar-refractivity contribution in [2.75, 3.05) is 0 Å². The number of hydrogen-bond acceptors (Lipinski definition) is 3. The summed E-state index contributed by atoms with van der Waals surface area (Å²) < 4.78 is 0. The lowest BCUT2D eigenvalue weighted by molar-refractivity contribution is 0.0955. The minimum Gasteiger partial charge on any atom is -0.267 e. The maximum Gasteiger partial charge on any atom is 0.271 e. The van der Waals surface area contributed by atoms with Gasteiger partial charge in [-0.2, -0.15) is 5.10 Å². The van der Waals surface area contributed by atoms with Crippen LogP contribution in [-0.4, -0.2) is 17.1 Å². The average molecular weight is 379 g/mol. The molecule has 0 saturated carbocycles. The highest BCUT2D eigenvalue weighted by Gasteiger charge is 2.07. The predicted molar refractivity (Wildman–Crippen MR) is 98.3 cm³/mol. The molecule has 0 atom stereocenters. The number of halogens is 3. The van der Waals surface area contributed by atoms with Gasteiger partial charge in [-0.25, -0.2) is 10.4 Å². The van der Waals surface area contributed by atoms with Gasteiger partial charge in [0.05, 0.1) is 21.8 Å². The highest BCUT2D eigenvalue weighted by molar-refractivity contribution is 6.42. The number of hydrazone groups is 1. The maximum absolute atomic E-state index is 12.0. The van der Waals surface area contributed by atoms with E-state index in [1.54, 1.807) is 12.1 Å². The monoisotopic (exact) mass is 377 g/mol. The van der Waals surface area contributed by atoms with E-state index in [0.29, 0.717) is 26.3 Å². The summed E-state index contributed by atoms with van der Waals surface area (Å²) in [5.41, 5.74) is 4.16. The largest absolute Gasteiger partial charge is 0.271 e. The number of nitrogens with one attached hydrogen (secondary N) is 1. The zero-order chi connectivity index (χ0) is 17.1. The van der Waals surface area contributed by atoms with Gasteiger partial charge in [0, 0.05) is 16.5 Å². The molecule has 0 aliphatic heterocycles. The van der Waals surface area contributed by atoms with E-state index in [1.807, 2.05) is 30.3 Å². The second-order valence-electron chi connectivity index (χ2n) is 4.89. The summed E-state index contributed by atoms with van der Waals surface area (Å²) >= 11 is 17.8. The quantitative estimate of drug-likeness (QED) is 0.398. The molecule has 0 aliphatic carbocycles. The Kier molecular flexibility index (Phi) is 5.00. The zero-order valence-corrected chi connectivity index (χ0v) is 14.4. The second kappa shape index (κ2) is 7.18. The minimum atomic E-state index is -0.408. The van der Waals surface area contributed by atoms with Crippen LogP contribution >= 0.6 is 34.8 Å². The SMILES string of the molecule is O=C(NN=Cc1cc2ccccc2nc1Cl)c1ccc(Cl)c(Cl)c1. The fourth-order valence-electron chi connectivity index (χ4n) is 2.06. The highest BCUT2D eigenvalue weighted by atomic mass is 35.5. The van der Waals surface area contributed by atoms with Crippen LogP contribution in [0.1, 0.15) is 15.9 Å². The third kappa shape index (κ3) is 3.67. The first-order chi connectivity index (χ1) is 11.5. The number of nitrogens with zero attached hydrogens (tertiary/aromatic N) is 2. The average Bonchev–Trinajstić information content (AvgIpc) is 2.57. The third-order valence-electron chi connectivity index (χ3n) is 3.26. The summed E-state index contributed by atoms with van der Waals surface area (Å²) in [6, 6.07) is 14.0. The first-order valence-electron chi connectivity index (χ1n) is 6.88. The van der Waals surface area contributed by atoms with Crippen LogP contribution in [0.15, 0.2) is 53.6 Å². The summed E-state index contributed by atoms with van der Waals surface area (Å²) in [5.74, 6) is -0.408. The number of rotatable bonds is 3. The molecule has 3 rings (SSSR count). The van der Waals surface area contributed by atoms with Crippen molar-refractivity contribution >= 4 is 57.8 Å². The van der Waals surface area contributed by atoms with Gasteiger partial charge in [0.15, 0.2) is 0 Å². The van der Waals surface area contributed by atoms with Gasteiger partial charge < -0.3 is 0 Å². The van der Waals surface area contributed by atoms with Crippen LogP contribution in [-0.2, 0) is 0 Å². The van der Waals surface area contributed by atoms with Crippen LogP contribution in [0.4, 0.5) is 0 Å². The van der Waals surface area contributed by atoms with Crippen molar-refractivity contribution in [2.24, 2.45) is 5.10 Å². The molecule has 1 amide bonds. The Morgan fingerprint density at radius 1 is 1.04 bits per heavy atom. The van der Waals surface area contributed by atoms with Crippen molar-refractivity contribution in [3.8, 4) is 0 Å². The Hall–Kier alpha value is -2.14. The molecule has 0 saturated heterocycles. The number of pyridine rings is 1. The first-order valence-corrected chi connectivity index (χ1v) is 8.02. The molecule has 4 nitrogen and oxygen atoms in total. The minimum absolute atomic E-state index is 0.301. The van der Waals surface area contributed by atoms with Crippen molar-refractivity contribution in [1.82, 2.24) is 10.4 Å². The molecule has 0 spiro atoms. The molecular formula is C17H10Cl3N3O. The predicted octanol–water partition coefficient (Wildman–Crippen LogP) is 4.96. The highest BCUT2D eigenvalue weighted by Crippen LogP contribution is 2.22. The van der Waals surface area contributed by atoms with E-state index >= 15 is 0 Å². The van der Waals surface area contributed by atoms with E-state index in [1.165, 1.54) is 12.3 Å². The number of para-hydroxylation sites is 1. The summed E-state index contributed by atoms with van der Waals surface area (Å²) in [6.45, 7) is 0. The van der Waals surface area contributed by atoms with Crippen molar-refractivity contribution in [1.29, 1.82) is 0 Å². The van der Waals surface area contributed by atoms with E-state index in [-0.39, 0.29) is 0 Å². The fraction of sp³-hybridized carbons (Fsp3) is 0. The summed E-state index contributed by atoms with van der Waals surface area (Å²) in [4.78, 5) is 16.3. The smallest absolute Gasteiger partial charge is 0.267 e. The molecule has 0 fully saturated rings. The Balaban J connectivity index is 1.77. The number of aromatic nitrogens is 1. The molecule has 0 radical (unpaired) electrons. The van der Waals surface area contributed by atoms with Crippen LogP contribution < -0.4 is 5.43 Å². The van der Waals surface area contributed by atoms with Crippen molar-refractivity contribution < 1.29 is 4.79 Å². The normalized spacial score (nSPS) is 11.1.